The topological polar surface area (TPSA) is 79.5 Å². The van der Waals surface area contributed by atoms with Gasteiger partial charge in [-0.15, -0.1) is 0 Å². The van der Waals surface area contributed by atoms with Crippen molar-refractivity contribution in [2.45, 2.75) is 19.9 Å². The second-order valence-electron chi connectivity index (χ2n) is 5.03. The first-order valence-electron chi connectivity index (χ1n) is 6.78. The molecule has 0 fully saturated rings. The van der Waals surface area contributed by atoms with Gasteiger partial charge in [-0.1, -0.05) is 23.7 Å². The fourth-order valence-corrected chi connectivity index (χ4v) is 2.11. The highest BCUT2D eigenvalue weighted by Gasteiger charge is 2.23. The number of nitrogens with one attached hydrogen (secondary N) is 1. The van der Waals surface area contributed by atoms with Crippen LogP contribution in [0.4, 0.5) is 0 Å². The van der Waals surface area contributed by atoms with Gasteiger partial charge in [-0.05, 0) is 38.1 Å². The van der Waals surface area contributed by atoms with Crippen LogP contribution in [-0.2, 0) is 4.79 Å². The van der Waals surface area contributed by atoms with Gasteiger partial charge >= 0.3 is 5.97 Å². The van der Waals surface area contributed by atoms with Crippen LogP contribution in [0.2, 0.25) is 5.02 Å². The lowest BCUT2D eigenvalue weighted by atomic mass is 10.0. The molecule has 2 unspecified atom stereocenters. The van der Waals surface area contributed by atoms with E-state index in [2.05, 4.69) is 5.32 Å². The Labute approximate surface area is 132 Å². The number of aliphatic carboxylic acids is 1. The van der Waals surface area contributed by atoms with Crippen molar-refractivity contribution < 1.29 is 19.1 Å². The molecule has 0 saturated heterocycles. The number of carbonyl (C=O) groups excluding carboxylic acids is 1. The Morgan fingerprint density at radius 1 is 1.18 bits per heavy atom. The highest BCUT2D eigenvalue weighted by Crippen LogP contribution is 2.29. The molecule has 2 atom stereocenters. The third-order valence-electron chi connectivity index (χ3n) is 3.47. The lowest BCUT2D eigenvalue weighted by molar-refractivity contribution is -0.141. The van der Waals surface area contributed by atoms with Gasteiger partial charge in [0.25, 0.3) is 5.91 Å². The van der Waals surface area contributed by atoms with Gasteiger partial charge in [0.15, 0.2) is 5.76 Å². The van der Waals surface area contributed by atoms with Crippen molar-refractivity contribution in [3.8, 4) is 11.3 Å². The fourth-order valence-electron chi connectivity index (χ4n) is 1.88. The summed E-state index contributed by atoms with van der Waals surface area (Å²) in [4.78, 5) is 23.0. The molecule has 0 bridgehead atoms. The maximum Gasteiger partial charge on any atom is 0.308 e. The zero-order valence-corrected chi connectivity index (χ0v) is 12.9. The average molecular weight is 322 g/mol. The van der Waals surface area contributed by atoms with Crippen LogP contribution in [0.3, 0.4) is 0 Å². The Bertz CT molecular complexity index is 695. The third-order valence-corrected chi connectivity index (χ3v) is 3.80. The number of carboxylic acid groups (broad SMARTS) is 1. The van der Waals surface area contributed by atoms with Gasteiger partial charge in [-0.25, -0.2) is 0 Å². The number of hydrogen-bond donors (Lipinski definition) is 2. The van der Waals surface area contributed by atoms with Crippen molar-refractivity contribution in [2.24, 2.45) is 5.92 Å². The summed E-state index contributed by atoms with van der Waals surface area (Å²) >= 11 is 6.08. The Morgan fingerprint density at radius 2 is 1.86 bits per heavy atom. The van der Waals surface area contributed by atoms with Crippen LogP contribution in [0.5, 0.6) is 0 Å². The third kappa shape index (κ3) is 3.49. The molecule has 0 radical (unpaired) electrons. The van der Waals surface area contributed by atoms with Crippen molar-refractivity contribution in [1.82, 2.24) is 5.32 Å². The molecule has 22 heavy (non-hydrogen) atoms. The number of rotatable bonds is 5. The normalized spacial score (nSPS) is 13.4. The van der Waals surface area contributed by atoms with E-state index in [1.807, 2.05) is 6.07 Å². The van der Waals surface area contributed by atoms with E-state index in [9.17, 15) is 9.59 Å². The Morgan fingerprint density at radius 3 is 2.50 bits per heavy atom. The highest BCUT2D eigenvalue weighted by atomic mass is 35.5. The van der Waals surface area contributed by atoms with Gasteiger partial charge < -0.3 is 14.8 Å². The van der Waals surface area contributed by atoms with Gasteiger partial charge in [0.05, 0.1) is 10.9 Å². The van der Waals surface area contributed by atoms with Crippen LogP contribution in [0.25, 0.3) is 11.3 Å². The molecular formula is C16H16ClNO4. The smallest absolute Gasteiger partial charge is 0.308 e. The van der Waals surface area contributed by atoms with Crippen LogP contribution in [0.1, 0.15) is 24.4 Å². The number of amides is 1. The van der Waals surface area contributed by atoms with Crippen LogP contribution < -0.4 is 5.32 Å². The van der Waals surface area contributed by atoms with Crippen molar-refractivity contribution in [3.63, 3.8) is 0 Å². The molecule has 6 heteroatoms. The zero-order chi connectivity index (χ0) is 16.3. The molecule has 0 spiro atoms. The standard InChI is InChI=1S/C16H16ClNO4/c1-9(16(20)21)10(2)18-15(19)14-8-7-13(22-14)11-5-3-4-6-12(11)17/h3-10H,1-2H3,(H,18,19)(H,20,21). The molecule has 2 rings (SSSR count). The largest absolute Gasteiger partial charge is 0.481 e. The molecule has 0 aliphatic carbocycles. The maximum absolute atomic E-state index is 12.1. The fraction of sp³-hybridized carbons (Fsp3) is 0.250. The van der Waals surface area contributed by atoms with E-state index in [0.717, 1.165) is 0 Å². The first-order chi connectivity index (χ1) is 10.4. The Hall–Kier alpha value is -2.27. The maximum atomic E-state index is 12.1. The zero-order valence-electron chi connectivity index (χ0n) is 12.2. The molecule has 1 heterocycles. The number of benzene rings is 1. The van der Waals surface area contributed by atoms with Gasteiger partial charge in [-0.2, -0.15) is 0 Å². The van der Waals surface area contributed by atoms with Crippen molar-refractivity contribution >= 4 is 23.5 Å². The van der Waals surface area contributed by atoms with Gasteiger partial charge in [0.2, 0.25) is 0 Å². The molecule has 5 nitrogen and oxygen atoms in total. The summed E-state index contributed by atoms with van der Waals surface area (Å²) in [5.74, 6) is -1.53. The molecule has 116 valence electrons. The van der Waals surface area contributed by atoms with Crippen molar-refractivity contribution in [1.29, 1.82) is 0 Å². The summed E-state index contributed by atoms with van der Waals surface area (Å²) in [6, 6.07) is 9.82. The minimum Gasteiger partial charge on any atom is -0.481 e. The van der Waals surface area contributed by atoms with Crippen LogP contribution in [0.15, 0.2) is 40.8 Å². The molecular weight excluding hydrogens is 306 g/mol. The predicted molar refractivity (Wildman–Crippen MR) is 82.9 cm³/mol. The number of furan rings is 1. The van der Waals surface area contributed by atoms with Crippen molar-refractivity contribution in [2.75, 3.05) is 0 Å². The molecule has 1 aromatic carbocycles. The minimum atomic E-state index is -0.969. The molecule has 0 saturated carbocycles. The van der Waals surface area contributed by atoms with Gasteiger partial charge in [-0.3, -0.25) is 9.59 Å². The second kappa shape index (κ2) is 6.66. The van der Waals surface area contributed by atoms with Gasteiger partial charge in [0.1, 0.15) is 5.76 Å². The van der Waals surface area contributed by atoms with E-state index in [1.165, 1.54) is 13.0 Å². The summed E-state index contributed by atoms with van der Waals surface area (Å²) in [7, 11) is 0. The Kier molecular flexibility index (Phi) is 4.88. The van der Waals surface area contributed by atoms with Crippen LogP contribution in [0, 0.1) is 5.92 Å². The quantitative estimate of drug-likeness (QED) is 0.884. The Balaban J connectivity index is 2.13. The molecule has 2 aromatic rings. The van der Waals surface area contributed by atoms with Gasteiger partial charge in [0, 0.05) is 11.6 Å². The first-order valence-corrected chi connectivity index (χ1v) is 7.16. The van der Waals surface area contributed by atoms with E-state index >= 15 is 0 Å². The average Bonchev–Trinajstić information content (AvgIpc) is 2.96. The van der Waals surface area contributed by atoms with Crippen molar-refractivity contribution in [3.05, 3.63) is 47.2 Å². The molecule has 0 aliphatic rings. The molecule has 1 aromatic heterocycles. The lowest BCUT2D eigenvalue weighted by Gasteiger charge is -2.16. The summed E-state index contributed by atoms with van der Waals surface area (Å²) in [6.45, 7) is 3.17. The molecule has 0 aliphatic heterocycles. The number of carboxylic acids is 1. The predicted octanol–water partition coefficient (Wildman–Crippen LogP) is 3.44. The first kappa shape index (κ1) is 16.1. The lowest BCUT2D eigenvalue weighted by Crippen LogP contribution is -2.39. The summed E-state index contributed by atoms with van der Waals surface area (Å²) in [6.07, 6.45) is 0. The molecule has 1 amide bonds. The summed E-state index contributed by atoms with van der Waals surface area (Å²) in [5, 5.41) is 12.1. The number of carbonyl (C=O) groups is 2. The van der Waals surface area contributed by atoms with E-state index in [1.54, 1.807) is 31.2 Å². The summed E-state index contributed by atoms with van der Waals surface area (Å²) < 4.78 is 5.51. The van der Waals surface area contributed by atoms with E-state index in [-0.39, 0.29) is 5.76 Å². The monoisotopic (exact) mass is 321 g/mol. The van der Waals surface area contributed by atoms with E-state index in [4.69, 9.17) is 21.1 Å². The molecule has 2 N–H and O–H groups in total. The number of hydrogen-bond acceptors (Lipinski definition) is 3. The SMILES string of the molecule is CC(NC(=O)c1ccc(-c2ccccc2Cl)o1)C(C)C(=O)O. The highest BCUT2D eigenvalue weighted by molar-refractivity contribution is 6.33. The minimum absolute atomic E-state index is 0.111. The number of halogens is 1. The second-order valence-corrected chi connectivity index (χ2v) is 5.44. The van der Waals surface area contributed by atoms with Crippen LogP contribution >= 0.6 is 11.6 Å². The van der Waals surface area contributed by atoms with E-state index < -0.39 is 23.8 Å². The van der Waals surface area contributed by atoms with E-state index in [0.29, 0.717) is 16.3 Å². The summed E-state index contributed by atoms with van der Waals surface area (Å²) in [5.41, 5.74) is 0.690. The van der Waals surface area contributed by atoms with Crippen LogP contribution in [-0.4, -0.2) is 23.0 Å².